The second-order valence-electron chi connectivity index (χ2n) is 4.61. The molecule has 0 saturated carbocycles. The summed E-state index contributed by atoms with van der Waals surface area (Å²) in [6, 6.07) is 5.48. The number of nitrogens with one attached hydrogen (secondary N) is 1. The fourth-order valence-corrected chi connectivity index (χ4v) is 1.75. The Labute approximate surface area is 120 Å². The van der Waals surface area contributed by atoms with Gasteiger partial charge in [-0.2, -0.15) is 13.2 Å². The van der Waals surface area contributed by atoms with Crippen molar-refractivity contribution in [1.29, 1.82) is 0 Å². The number of carboxylic acid groups (broad SMARTS) is 1. The number of hydrogen-bond acceptors (Lipinski definition) is 3. The van der Waals surface area contributed by atoms with Crippen LogP contribution in [0, 0.1) is 0 Å². The van der Waals surface area contributed by atoms with Gasteiger partial charge >= 0.3 is 12.1 Å². The Bertz CT molecular complexity index is 463. The summed E-state index contributed by atoms with van der Waals surface area (Å²) in [7, 11) is 0. The van der Waals surface area contributed by atoms with Crippen LogP contribution in [0.4, 0.5) is 13.2 Å². The van der Waals surface area contributed by atoms with Crippen molar-refractivity contribution < 1.29 is 27.8 Å². The molecule has 21 heavy (non-hydrogen) atoms. The van der Waals surface area contributed by atoms with E-state index in [0.29, 0.717) is 12.0 Å². The van der Waals surface area contributed by atoms with Gasteiger partial charge < -0.3 is 15.2 Å². The molecule has 1 unspecified atom stereocenters. The Balaban J connectivity index is 2.57. The fraction of sp³-hybridized carbons (Fsp3) is 0.500. The summed E-state index contributed by atoms with van der Waals surface area (Å²) in [4.78, 5) is 11.0. The van der Waals surface area contributed by atoms with E-state index in [1.807, 2.05) is 6.92 Å². The van der Waals surface area contributed by atoms with Gasteiger partial charge in [-0.15, -0.1) is 0 Å². The van der Waals surface area contributed by atoms with Crippen LogP contribution in [0.3, 0.4) is 0 Å². The number of carboxylic acids is 1. The van der Waals surface area contributed by atoms with E-state index in [9.17, 15) is 18.0 Å². The zero-order chi connectivity index (χ0) is 15.9. The first-order chi connectivity index (χ1) is 9.81. The average molecular weight is 305 g/mol. The number of ether oxygens (including phenoxy) is 1. The maximum atomic E-state index is 12.1. The van der Waals surface area contributed by atoms with Crippen LogP contribution in [0.5, 0.6) is 5.75 Å². The molecule has 4 nitrogen and oxygen atoms in total. The zero-order valence-corrected chi connectivity index (χ0v) is 11.6. The molecular weight excluding hydrogens is 287 g/mol. The third-order valence-electron chi connectivity index (χ3n) is 2.73. The number of alkyl halides is 3. The molecule has 0 spiro atoms. The van der Waals surface area contributed by atoms with Crippen molar-refractivity contribution in [3.05, 3.63) is 29.8 Å². The molecule has 1 rings (SSSR count). The van der Waals surface area contributed by atoms with Crippen LogP contribution in [0.1, 0.15) is 25.3 Å². The highest BCUT2D eigenvalue weighted by molar-refractivity contribution is 5.73. The van der Waals surface area contributed by atoms with Crippen LogP contribution < -0.4 is 10.1 Å². The van der Waals surface area contributed by atoms with Gasteiger partial charge in [-0.05, 0) is 24.1 Å². The maximum absolute atomic E-state index is 12.1. The molecule has 0 aliphatic rings. The molecule has 0 saturated heterocycles. The number of hydrogen-bond donors (Lipinski definition) is 2. The third-order valence-corrected chi connectivity index (χ3v) is 2.73. The second kappa shape index (κ2) is 7.87. The third kappa shape index (κ3) is 6.99. The summed E-state index contributed by atoms with van der Waals surface area (Å²) >= 11 is 0. The van der Waals surface area contributed by atoms with Crippen LogP contribution in [0.25, 0.3) is 0 Å². The summed E-state index contributed by atoms with van der Waals surface area (Å²) in [5.74, 6) is -0.838. The van der Waals surface area contributed by atoms with Gasteiger partial charge in [0.15, 0.2) is 6.61 Å². The highest BCUT2D eigenvalue weighted by atomic mass is 19.4. The maximum Gasteiger partial charge on any atom is 0.422 e. The number of benzene rings is 1. The SMILES string of the molecule is CCCC(NCc1cccc(OCC(F)(F)F)c1)C(=O)O. The molecule has 0 fully saturated rings. The van der Waals surface area contributed by atoms with E-state index in [2.05, 4.69) is 10.1 Å². The van der Waals surface area contributed by atoms with Crippen LogP contribution >= 0.6 is 0 Å². The van der Waals surface area contributed by atoms with E-state index in [-0.39, 0.29) is 12.3 Å². The number of rotatable bonds is 8. The van der Waals surface area contributed by atoms with Gasteiger partial charge in [0.2, 0.25) is 0 Å². The molecule has 0 bridgehead atoms. The fourth-order valence-electron chi connectivity index (χ4n) is 1.75. The summed E-state index contributed by atoms with van der Waals surface area (Å²) in [5, 5.41) is 11.9. The van der Waals surface area contributed by atoms with Crippen LogP contribution in [-0.4, -0.2) is 29.9 Å². The van der Waals surface area contributed by atoms with Gasteiger partial charge in [-0.3, -0.25) is 4.79 Å². The van der Waals surface area contributed by atoms with E-state index >= 15 is 0 Å². The molecule has 0 radical (unpaired) electrons. The monoisotopic (exact) mass is 305 g/mol. The molecule has 7 heteroatoms. The minimum atomic E-state index is -4.39. The Kier molecular flexibility index (Phi) is 6.48. The topological polar surface area (TPSA) is 58.6 Å². The van der Waals surface area contributed by atoms with Crippen molar-refractivity contribution in [2.75, 3.05) is 6.61 Å². The summed E-state index contributed by atoms with van der Waals surface area (Å²) < 4.78 is 40.8. The molecule has 1 aromatic rings. The lowest BCUT2D eigenvalue weighted by molar-refractivity contribution is -0.153. The predicted molar refractivity (Wildman–Crippen MR) is 71.2 cm³/mol. The molecule has 0 heterocycles. The highest BCUT2D eigenvalue weighted by Gasteiger charge is 2.28. The van der Waals surface area contributed by atoms with Crippen molar-refractivity contribution in [1.82, 2.24) is 5.32 Å². The van der Waals surface area contributed by atoms with E-state index < -0.39 is 24.8 Å². The van der Waals surface area contributed by atoms with Gasteiger partial charge in [0.1, 0.15) is 11.8 Å². The van der Waals surface area contributed by atoms with Gasteiger partial charge in [-0.1, -0.05) is 25.5 Å². The zero-order valence-electron chi connectivity index (χ0n) is 11.6. The molecule has 1 aromatic carbocycles. The van der Waals surface area contributed by atoms with Crippen LogP contribution in [0.2, 0.25) is 0 Å². The Hall–Kier alpha value is -1.76. The van der Waals surface area contributed by atoms with Crippen molar-refractivity contribution >= 4 is 5.97 Å². The minimum absolute atomic E-state index is 0.106. The van der Waals surface area contributed by atoms with Crippen molar-refractivity contribution in [2.24, 2.45) is 0 Å². The molecule has 0 amide bonds. The van der Waals surface area contributed by atoms with Gasteiger partial charge in [0.05, 0.1) is 0 Å². The lowest BCUT2D eigenvalue weighted by Gasteiger charge is -2.14. The molecular formula is C14H18F3NO3. The summed E-state index contributed by atoms with van der Waals surface area (Å²) in [5.41, 5.74) is 0.664. The normalized spacial score (nSPS) is 13.0. The Morgan fingerprint density at radius 2 is 2.14 bits per heavy atom. The van der Waals surface area contributed by atoms with Crippen molar-refractivity contribution in [2.45, 2.75) is 38.5 Å². The lowest BCUT2D eigenvalue weighted by atomic mass is 10.1. The average Bonchev–Trinajstić information content (AvgIpc) is 2.40. The number of carbonyl (C=O) groups is 1. The second-order valence-corrected chi connectivity index (χ2v) is 4.61. The highest BCUT2D eigenvalue weighted by Crippen LogP contribution is 2.19. The molecule has 0 aromatic heterocycles. The first-order valence-corrected chi connectivity index (χ1v) is 6.56. The molecule has 2 N–H and O–H groups in total. The number of halogens is 3. The predicted octanol–water partition coefficient (Wildman–Crippen LogP) is 2.97. The number of aliphatic carboxylic acids is 1. The van der Waals surface area contributed by atoms with E-state index in [4.69, 9.17) is 5.11 Å². The van der Waals surface area contributed by atoms with Crippen molar-refractivity contribution in [3.63, 3.8) is 0 Å². The molecule has 0 aliphatic heterocycles. The molecule has 118 valence electrons. The standard InChI is InChI=1S/C14H18F3NO3/c1-2-4-12(13(19)20)18-8-10-5-3-6-11(7-10)21-9-14(15,16)17/h3,5-7,12,18H,2,4,8-9H2,1H3,(H,19,20). The first-order valence-electron chi connectivity index (χ1n) is 6.56. The molecule has 0 aliphatic carbocycles. The van der Waals surface area contributed by atoms with Crippen LogP contribution in [0.15, 0.2) is 24.3 Å². The lowest BCUT2D eigenvalue weighted by Crippen LogP contribution is -2.35. The minimum Gasteiger partial charge on any atom is -0.484 e. The van der Waals surface area contributed by atoms with E-state index in [1.54, 1.807) is 12.1 Å². The first kappa shape index (κ1) is 17.3. The summed E-state index contributed by atoms with van der Waals surface area (Å²) in [6.45, 7) is 0.779. The van der Waals surface area contributed by atoms with Crippen LogP contribution in [-0.2, 0) is 11.3 Å². The smallest absolute Gasteiger partial charge is 0.422 e. The van der Waals surface area contributed by atoms with Gasteiger partial charge in [0.25, 0.3) is 0 Å². The van der Waals surface area contributed by atoms with Gasteiger partial charge in [0, 0.05) is 6.54 Å². The quantitative estimate of drug-likeness (QED) is 0.775. The van der Waals surface area contributed by atoms with Gasteiger partial charge in [-0.25, -0.2) is 0 Å². The summed E-state index contributed by atoms with van der Waals surface area (Å²) in [6.07, 6.45) is -3.18. The van der Waals surface area contributed by atoms with E-state index in [1.165, 1.54) is 12.1 Å². The van der Waals surface area contributed by atoms with Crippen molar-refractivity contribution in [3.8, 4) is 5.75 Å². The molecule has 1 atom stereocenters. The Morgan fingerprint density at radius 1 is 1.43 bits per heavy atom. The largest absolute Gasteiger partial charge is 0.484 e. The van der Waals surface area contributed by atoms with E-state index in [0.717, 1.165) is 6.42 Å². The Morgan fingerprint density at radius 3 is 2.71 bits per heavy atom.